The Morgan fingerprint density at radius 1 is 0.522 bits per heavy atom. The van der Waals surface area contributed by atoms with Crippen LogP contribution >= 0.6 is 0 Å². The molecule has 0 atom stereocenters. The summed E-state index contributed by atoms with van der Waals surface area (Å²) in [5, 5.41) is 16.9. The first kappa shape index (κ1) is 26.1. The van der Waals surface area contributed by atoms with Crippen molar-refractivity contribution in [3.8, 4) is 39.6 Å². The van der Waals surface area contributed by atoms with E-state index in [9.17, 15) is 9.65 Å². The van der Waals surface area contributed by atoms with Crippen molar-refractivity contribution in [2.24, 2.45) is 0 Å². The van der Waals surface area contributed by atoms with Gasteiger partial charge in [-0.05, 0) is 93.7 Å². The van der Waals surface area contributed by atoms with Gasteiger partial charge in [-0.1, -0.05) is 78.9 Å². The molecule has 0 bridgehead atoms. The summed E-state index contributed by atoms with van der Waals surface area (Å²) in [6, 6.07) is 48.2. The summed E-state index contributed by atoms with van der Waals surface area (Å²) in [6.45, 7) is 0. The number of halogens is 1. The van der Waals surface area contributed by atoms with Gasteiger partial charge in [0.2, 0.25) is 0 Å². The lowest BCUT2D eigenvalue weighted by Gasteiger charge is -2.15. The number of pyridine rings is 1. The van der Waals surface area contributed by atoms with Crippen molar-refractivity contribution >= 4 is 54.4 Å². The predicted octanol–water partition coefficient (Wildman–Crippen LogP) is 11.5. The predicted molar refractivity (Wildman–Crippen MR) is 185 cm³/mol. The van der Waals surface area contributed by atoms with Gasteiger partial charge < -0.3 is 4.42 Å². The van der Waals surface area contributed by atoms with Crippen molar-refractivity contribution < 1.29 is 8.81 Å². The third-order valence-electron chi connectivity index (χ3n) is 8.97. The smallest absolute Gasteiger partial charge is 0.135 e. The lowest BCUT2D eigenvalue weighted by Crippen LogP contribution is -1.92. The molecule has 3 nitrogen and oxygen atoms in total. The van der Waals surface area contributed by atoms with Gasteiger partial charge in [0.15, 0.2) is 0 Å². The minimum absolute atomic E-state index is 0.264. The van der Waals surface area contributed by atoms with E-state index < -0.39 is 0 Å². The molecular formula is C42H23FN2O. The SMILES string of the molecule is N#Cc1ccc2oc3ccc(-c4ccc(-c5cccc6c5ccc5c(-c7ccc(F)cc7)nc7ccccc7c56)cc4)cc3c2c1. The van der Waals surface area contributed by atoms with E-state index in [1.165, 1.54) is 12.1 Å². The van der Waals surface area contributed by atoms with Gasteiger partial charge in [-0.3, -0.25) is 0 Å². The fraction of sp³-hybridized carbons (Fsp3) is 0. The number of rotatable bonds is 3. The number of hydrogen-bond donors (Lipinski definition) is 0. The van der Waals surface area contributed by atoms with Crippen molar-refractivity contribution in [2.45, 2.75) is 0 Å². The van der Waals surface area contributed by atoms with E-state index >= 15 is 0 Å². The van der Waals surface area contributed by atoms with Gasteiger partial charge in [-0.2, -0.15) is 5.26 Å². The largest absolute Gasteiger partial charge is 0.456 e. The molecule has 4 heteroatoms. The van der Waals surface area contributed by atoms with Crippen LogP contribution in [0.15, 0.2) is 144 Å². The van der Waals surface area contributed by atoms with E-state index in [1.54, 1.807) is 18.2 Å². The molecule has 0 N–H and O–H groups in total. The van der Waals surface area contributed by atoms with Crippen LogP contribution in [0.4, 0.5) is 4.39 Å². The van der Waals surface area contributed by atoms with Gasteiger partial charge in [0.1, 0.15) is 17.0 Å². The Hall–Kier alpha value is -6.31. The summed E-state index contributed by atoms with van der Waals surface area (Å²) in [5.74, 6) is -0.264. The molecule has 0 amide bonds. The number of aromatic nitrogens is 1. The molecule has 0 aliphatic heterocycles. The van der Waals surface area contributed by atoms with E-state index in [-0.39, 0.29) is 5.82 Å². The highest BCUT2D eigenvalue weighted by molar-refractivity contribution is 6.24. The second kappa shape index (κ2) is 10.1. The average molecular weight is 591 g/mol. The number of benzene rings is 7. The molecule has 9 aromatic rings. The van der Waals surface area contributed by atoms with Crippen molar-refractivity contribution in [2.75, 3.05) is 0 Å². The summed E-state index contributed by atoms with van der Waals surface area (Å²) >= 11 is 0. The molecule has 46 heavy (non-hydrogen) atoms. The number of fused-ring (bicyclic) bond motifs is 8. The first-order chi connectivity index (χ1) is 22.6. The summed E-state index contributed by atoms with van der Waals surface area (Å²) in [5.41, 5.74) is 9.29. The molecule has 2 heterocycles. The van der Waals surface area contributed by atoms with Crippen LogP contribution in [0.3, 0.4) is 0 Å². The van der Waals surface area contributed by atoms with Crippen molar-refractivity contribution in [3.05, 3.63) is 151 Å². The van der Waals surface area contributed by atoms with Gasteiger partial charge in [0, 0.05) is 32.5 Å². The monoisotopic (exact) mass is 590 g/mol. The molecule has 0 fully saturated rings. The highest BCUT2D eigenvalue weighted by Gasteiger charge is 2.15. The molecular weight excluding hydrogens is 567 g/mol. The van der Waals surface area contributed by atoms with E-state index in [2.05, 4.69) is 84.9 Å². The molecule has 0 aliphatic carbocycles. The third-order valence-corrected chi connectivity index (χ3v) is 8.97. The maximum Gasteiger partial charge on any atom is 0.135 e. The summed E-state index contributed by atoms with van der Waals surface area (Å²) in [7, 11) is 0. The highest BCUT2D eigenvalue weighted by Crippen LogP contribution is 2.40. The summed E-state index contributed by atoms with van der Waals surface area (Å²) < 4.78 is 19.8. The zero-order valence-corrected chi connectivity index (χ0v) is 24.5. The van der Waals surface area contributed by atoms with Crippen LogP contribution < -0.4 is 0 Å². The first-order valence-corrected chi connectivity index (χ1v) is 15.1. The molecule has 0 saturated heterocycles. The van der Waals surface area contributed by atoms with Crippen molar-refractivity contribution in [1.82, 2.24) is 4.98 Å². The topological polar surface area (TPSA) is 49.8 Å². The lowest BCUT2D eigenvalue weighted by molar-refractivity contribution is 0.628. The standard InChI is InChI=1S/C42H23FN2O/c43-30-16-13-28(14-17-30)42-35-19-18-32-31(5-3-6-33(32)41(35)34-4-1-2-7-38(34)45-42)27-11-9-26(10-12-27)29-15-21-40-37(23-29)36-22-25(24-44)8-20-39(36)46-40/h1-23H. The molecule has 0 unspecified atom stereocenters. The Labute approximate surface area is 263 Å². The number of nitrogens with zero attached hydrogens (tertiary/aromatic N) is 2. The molecule has 0 spiro atoms. The second-order valence-electron chi connectivity index (χ2n) is 11.6. The fourth-order valence-electron chi connectivity index (χ4n) is 6.76. The molecule has 0 aliphatic rings. The minimum Gasteiger partial charge on any atom is -0.456 e. The van der Waals surface area contributed by atoms with E-state index in [0.29, 0.717) is 5.56 Å². The van der Waals surface area contributed by atoms with Crippen LogP contribution in [0.25, 0.3) is 87.9 Å². The van der Waals surface area contributed by atoms with Crippen LogP contribution in [0.5, 0.6) is 0 Å². The first-order valence-electron chi connectivity index (χ1n) is 15.1. The van der Waals surface area contributed by atoms with Crippen LogP contribution in [0, 0.1) is 17.1 Å². The summed E-state index contributed by atoms with van der Waals surface area (Å²) in [4.78, 5) is 5.03. The number of nitriles is 1. The van der Waals surface area contributed by atoms with Crippen molar-refractivity contribution in [3.63, 3.8) is 0 Å². The zero-order valence-electron chi connectivity index (χ0n) is 24.5. The minimum atomic E-state index is -0.264. The zero-order chi connectivity index (χ0) is 30.8. The van der Waals surface area contributed by atoms with Gasteiger partial charge >= 0.3 is 0 Å². The Kier molecular flexibility index (Phi) is 5.75. The van der Waals surface area contributed by atoms with Gasteiger partial charge in [0.25, 0.3) is 0 Å². The van der Waals surface area contributed by atoms with Crippen LogP contribution in [0.1, 0.15) is 5.56 Å². The molecule has 0 radical (unpaired) electrons. The second-order valence-corrected chi connectivity index (χ2v) is 11.6. The maximum absolute atomic E-state index is 13.8. The number of furan rings is 1. The van der Waals surface area contributed by atoms with Crippen molar-refractivity contribution in [1.29, 1.82) is 5.26 Å². The summed E-state index contributed by atoms with van der Waals surface area (Å²) in [6.07, 6.45) is 0. The Morgan fingerprint density at radius 3 is 2.02 bits per heavy atom. The number of hydrogen-bond acceptors (Lipinski definition) is 3. The van der Waals surface area contributed by atoms with E-state index in [4.69, 9.17) is 9.40 Å². The van der Waals surface area contributed by atoms with Gasteiger partial charge in [0.05, 0.1) is 22.8 Å². The average Bonchev–Trinajstić information content (AvgIpc) is 3.48. The lowest BCUT2D eigenvalue weighted by atomic mass is 9.91. The number of para-hydroxylation sites is 1. The highest BCUT2D eigenvalue weighted by atomic mass is 19.1. The van der Waals surface area contributed by atoms with Crippen LogP contribution in [0.2, 0.25) is 0 Å². The van der Waals surface area contributed by atoms with E-state index in [0.717, 1.165) is 87.9 Å². The molecule has 214 valence electrons. The fourth-order valence-corrected chi connectivity index (χ4v) is 6.76. The third kappa shape index (κ3) is 4.07. The molecule has 2 aromatic heterocycles. The quantitative estimate of drug-likeness (QED) is 0.192. The molecule has 9 rings (SSSR count). The Bertz CT molecular complexity index is 2700. The van der Waals surface area contributed by atoms with Gasteiger partial charge in [-0.25, -0.2) is 9.37 Å². The molecule has 0 saturated carbocycles. The van der Waals surface area contributed by atoms with Crippen LogP contribution in [-0.4, -0.2) is 4.98 Å². The maximum atomic E-state index is 13.8. The molecule has 7 aromatic carbocycles. The van der Waals surface area contributed by atoms with E-state index in [1.807, 2.05) is 30.3 Å². The Morgan fingerprint density at radius 2 is 1.20 bits per heavy atom. The Balaban J connectivity index is 1.18. The van der Waals surface area contributed by atoms with Crippen LogP contribution in [-0.2, 0) is 0 Å². The van der Waals surface area contributed by atoms with Gasteiger partial charge in [-0.15, -0.1) is 0 Å². The normalized spacial score (nSPS) is 11.6.